The second kappa shape index (κ2) is 7.44. The van der Waals surface area contributed by atoms with Gasteiger partial charge in [0, 0.05) is 19.2 Å². The Morgan fingerprint density at radius 3 is 2.96 bits per heavy atom. The van der Waals surface area contributed by atoms with Crippen LogP contribution in [0.2, 0.25) is 0 Å². The van der Waals surface area contributed by atoms with Gasteiger partial charge in [-0.25, -0.2) is 19.4 Å². The largest absolute Gasteiger partial charge is 0.390 e. The Kier molecular flexibility index (Phi) is 4.85. The fourth-order valence-corrected chi connectivity index (χ4v) is 3.91. The van der Waals surface area contributed by atoms with Crippen LogP contribution in [0.25, 0.3) is 22.4 Å². The molecule has 1 fully saturated rings. The second-order valence-electron chi connectivity index (χ2n) is 6.77. The quantitative estimate of drug-likeness (QED) is 0.559. The minimum atomic E-state index is -0.290. The SMILES string of the molecule is CO[C@@H]1CCC[C@@H](n2c(-c3ccccc3F)nc3cnc(N=CN)cc32)C1. The lowest BCUT2D eigenvalue weighted by molar-refractivity contribution is 0.0540. The molecule has 0 amide bonds. The topological polar surface area (TPSA) is 78.3 Å². The van der Waals surface area contributed by atoms with Crippen LogP contribution in [-0.2, 0) is 4.74 Å². The third-order valence-corrected chi connectivity index (χ3v) is 5.18. The van der Waals surface area contributed by atoms with Crippen molar-refractivity contribution < 1.29 is 9.13 Å². The number of aliphatic imine (C=N–C) groups is 1. The Morgan fingerprint density at radius 2 is 2.19 bits per heavy atom. The number of ether oxygens (including phenoxy) is 1. The van der Waals surface area contributed by atoms with Gasteiger partial charge in [0.1, 0.15) is 17.2 Å². The van der Waals surface area contributed by atoms with Crippen LogP contribution in [0.4, 0.5) is 10.2 Å². The molecule has 0 saturated heterocycles. The van der Waals surface area contributed by atoms with Gasteiger partial charge in [0.05, 0.1) is 29.7 Å². The summed E-state index contributed by atoms with van der Waals surface area (Å²) in [4.78, 5) is 13.1. The van der Waals surface area contributed by atoms with Gasteiger partial charge in [-0.1, -0.05) is 12.1 Å². The molecule has 0 aliphatic heterocycles. The van der Waals surface area contributed by atoms with E-state index in [2.05, 4.69) is 14.5 Å². The maximum Gasteiger partial charge on any atom is 0.155 e. The predicted octanol–water partition coefficient (Wildman–Crippen LogP) is 3.99. The van der Waals surface area contributed by atoms with Crippen LogP contribution in [-0.4, -0.2) is 34.1 Å². The molecule has 0 radical (unpaired) electrons. The summed E-state index contributed by atoms with van der Waals surface area (Å²) in [6.45, 7) is 0. The van der Waals surface area contributed by atoms with E-state index < -0.39 is 0 Å². The zero-order valence-electron chi connectivity index (χ0n) is 15.2. The number of rotatable bonds is 4. The summed E-state index contributed by atoms with van der Waals surface area (Å²) < 4.78 is 22.3. The Labute approximate surface area is 156 Å². The van der Waals surface area contributed by atoms with E-state index in [-0.39, 0.29) is 18.0 Å². The number of hydrogen-bond donors (Lipinski definition) is 1. The molecule has 0 unspecified atom stereocenters. The van der Waals surface area contributed by atoms with Gasteiger partial charge >= 0.3 is 0 Å². The van der Waals surface area contributed by atoms with Gasteiger partial charge in [-0.3, -0.25) is 0 Å². The molecule has 2 atom stereocenters. The number of aromatic nitrogens is 3. The van der Waals surface area contributed by atoms with Crippen molar-refractivity contribution in [2.75, 3.05) is 7.11 Å². The first-order valence-electron chi connectivity index (χ1n) is 9.11. The molecule has 1 aliphatic carbocycles. The highest BCUT2D eigenvalue weighted by Gasteiger charge is 2.28. The Bertz CT molecular complexity index is 984. The fraction of sp³-hybridized carbons (Fsp3) is 0.350. The molecule has 7 heteroatoms. The average molecular weight is 367 g/mol. The fourth-order valence-electron chi connectivity index (χ4n) is 3.91. The minimum absolute atomic E-state index is 0.167. The van der Waals surface area contributed by atoms with Crippen LogP contribution in [0, 0.1) is 5.82 Å². The highest BCUT2D eigenvalue weighted by molar-refractivity contribution is 5.82. The summed E-state index contributed by atoms with van der Waals surface area (Å²) in [6, 6.07) is 8.75. The molecule has 1 aromatic carbocycles. The number of imidazole rings is 1. The van der Waals surface area contributed by atoms with Crippen molar-refractivity contribution in [2.24, 2.45) is 10.7 Å². The molecule has 2 aromatic heterocycles. The third-order valence-electron chi connectivity index (χ3n) is 5.18. The molecule has 4 rings (SSSR count). The van der Waals surface area contributed by atoms with Crippen LogP contribution in [0.5, 0.6) is 0 Å². The molecule has 0 bridgehead atoms. The van der Waals surface area contributed by atoms with E-state index in [4.69, 9.17) is 15.5 Å². The highest BCUT2D eigenvalue weighted by Crippen LogP contribution is 2.37. The van der Waals surface area contributed by atoms with Gasteiger partial charge in [-0.05, 0) is 37.8 Å². The maximum atomic E-state index is 14.6. The minimum Gasteiger partial charge on any atom is -0.390 e. The van der Waals surface area contributed by atoms with Crippen molar-refractivity contribution in [2.45, 2.75) is 37.8 Å². The first kappa shape index (κ1) is 17.6. The summed E-state index contributed by atoms with van der Waals surface area (Å²) in [6.07, 6.45) is 7.02. The second-order valence-corrected chi connectivity index (χ2v) is 6.77. The van der Waals surface area contributed by atoms with Crippen molar-refractivity contribution in [1.82, 2.24) is 14.5 Å². The molecule has 0 spiro atoms. The van der Waals surface area contributed by atoms with Crippen LogP contribution in [0.1, 0.15) is 31.7 Å². The van der Waals surface area contributed by atoms with Crippen molar-refractivity contribution in [3.05, 3.63) is 42.3 Å². The molecule has 1 saturated carbocycles. The average Bonchev–Trinajstić information content (AvgIpc) is 3.07. The number of benzene rings is 1. The number of hydrogen-bond acceptors (Lipinski definition) is 4. The Morgan fingerprint density at radius 1 is 1.33 bits per heavy atom. The van der Waals surface area contributed by atoms with Gasteiger partial charge in [0.2, 0.25) is 0 Å². The van der Waals surface area contributed by atoms with Crippen LogP contribution in [0.15, 0.2) is 41.5 Å². The van der Waals surface area contributed by atoms with Crippen LogP contribution >= 0.6 is 0 Å². The van der Waals surface area contributed by atoms with Gasteiger partial charge in [-0.2, -0.15) is 0 Å². The zero-order chi connectivity index (χ0) is 18.8. The van der Waals surface area contributed by atoms with Crippen molar-refractivity contribution in [3.63, 3.8) is 0 Å². The molecule has 6 nitrogen and oxygen atoms in total. The highest BCUT2D eigenvalue weighted by atomic mass is 19.1. The lowest BCUT2D eigenvalue weighted by atomic mass is 9.92. The first-order chi connectivity index (χ1) is 13.2. The lowest BCUT2D eigenvalue weighted by Gasteiger charge is -2.30. The van der Waals surface area contributed by atoms with Crippen molar-refractivity contribution >= 4 is 23.2 Å². The van der Waals surface area contributed by atoms with E-state index in [1.807, 2.05) is 12.1 Å². The Hall–Kier alpha value is -2.80. The number of pyridine rings is 1. The number of nitrogens with two attached hydrogens (primary N) is 1. The van der Waals surface area contributed by atoms with Gasteiger partial charge in [0.25, 0.3) is 0 Å². The van der Waals surface area contributed by atoms with E-state index >= 15 is 0 Å². The van der Waals surface area contributed by atoms with Crippen molar-refractivity contribution in [3.8, 4) is 11.4 Å². The molecule has 1 aliphatic rings. The molecular weight excluding hydrogens is 345 g/mol. The zero-order valence-corrected chi connectivity index (χ0v) is 15.2. The summed E-state index contributed by atoms with van der Waals surface area (Å²) in [5, 5.41) is 0. The van der Waals surface area contributed by atoms with Crippen LogP contribution < -0.4 is 5.73 Å². The van der Waals surface area contributed by atoms with E-state index in [1.165, 1.54) is 12.4 Å². The number of methoxy groups -OCH3 is 1. The molecule has 140 valence electrons. The lowest BCUT2D eigenvalue weighted by Crippen LogP contribution is -2.24. The summed E-state index contributed by atoms with van der Waals surface area (Å²) in [7, 11) is 1.74. The van der Waals surface area contributed by atoms with Gasteiger partial charge in [0.15, 0.2) is 5.82 Å². The third kappa shape index (κ3) is 3.30. The molecule has 2 heterocycles. The number of halogens is 1. The van der Waals surface area contributed by atoms with Crippen molar-refractivity contribution in [1.29, 1.82) is 0 Å². The molecule has 27 heavy (non-hydrogen) atoms. The summed E-state index contributed by atoms with van der Waals surface area (Å²) in [5.74, 6) is 0.826. The predicted molar refractivity (Wildman–Crippen MR) is 104 cm³/mol. The monoisotopic (exact) mass is 367 g/mol. The van der Waals surface area contributed by atoms with Gasteiger partial charge < -0.3 is 15.0 Å². The number of nitrogens with zero attached hydrogens (tertiary/aromatic N) is 4. The normalized spacial score (nSPS) is 20.5. The summed E-state index contributed by atoms with van der Waals surface area (Å²) in [5.41, 5.74) is 7.49. The maximum absolute atomic E-state index is 14.6. The Balaban J connectivity index is 1.92. The van der Waals surface area contributed by atoms with E-state index in [9.17, 15) is 4.39 Å². The number of fused-ring (bicyclic) bond motifs is 1. The first-order valence-corrected chi connectivity index (χ1v) is 9.11. The molecular formula is C20H22FN5O. The summed E-state index contributed by atoms with van der Waals surface area (Å²) >= 11 is 0. The van der Waals surface area contributed by atoms with Gasteiger partial charge in [-0.15, -0.1) is 0 Å². The standard InChI is InChI=1S/C20H22FN5O/c1-27-14-6-4-5-13(9-14)26-18-10-19(24-12-22)23-11-17(18)25-20(26)15-7-2-3-8-16(15)21/h2-3,7-8,10-14H,4-6,9H2,1H3,(H2,22,23,24)/t13-,14-/m1/s1. The smallest absolute Gasteiger partial charge is 0.155 e. The van der Waals surface area contributed by atoms with Crippen LogP contribution in [0.3, 0.4) is 0 Å². The van der Waals surface area contributed by atoms with E-state index in [0.717, 1.165) is 31.2 Å². The molecule has 3 aromatic rings. The van der Waals surface area contributed by atoms with E-state index in [0.29, 0.717) is 22.7 Å². The van der Waals surface area contributed by atoms with E-state index in [1.54, 1.807) is 25.4 Å². The molecule has 2 N–H and O–H groups in total.